The number of aromatic nitrogens is 1. The van der Waals surface area contributed by atoms with Gasteiger partial charge in [-0.2, -0.15) is 0 Å². The Morgan fingerprint density at radius 1 is 1.27 bits per heavy atom. The van der Waals surface area contributed by atoms with Crippen molar-refractivity contribution in [3.05, 3.63) is 24.0 Å². The van der Waals surface area contributed by atoms with Crippen LogP contribution < -0.4 is 0 Å². The number of carbonyl (C=O) groups is 3. The van der Waals surface area contributed by atoms with Crippen molar-refractivity contribution in [1.82, 2.24) is 4.57 Å². The van der Waals surface area contributed by atoms with E-state index in [1.54, 1.807) is 19.9 Å². The minimum absolute atomic E-state index is 0.232. The van der Waals surface area contributed by atoms with E-state index in [9.17, 15) is 14.4 Å². The predicted molar refractivity (Wildman–Crippen MR) is 54.9 cm³/mol. The van der Waals surface area contributed by atoms with Crippen LogP contribution in [0.2, 0.25) is 0 Å². The summed E-state index contributed by atoms with van der Waals surface area (Å²) in [7, 11) is 0. The van der Waals surface area contributed by atoms with Crippen LogP contribution in [-0.4, -0.2) is 22.0 Å². The lowest BCUT2D eigenvalue weighted by molar-refractivity contribution is -0.118. The number of ketones is 2. The largest absolute Gasteiger partial charge is 0.298 e. The van der Waals surface area contributed by atoms with Crippen LogP contribution in [0.5, 0.6) is 0 Å². The summed E-state index contributed by atoms with van der Waals surface area (Å²) in [5, 5.41) is 0. The van der Waals surface area contributed by atoms with Gasteiger partial charge >= 0.3 is 0 Å². The molecule has 0 atom stereocenters. The van der Waals surface area contributed by atoms with Gasteiger partial charge in [0.05, 0.1) is 5.69 Å². The van der Waals surface area contributed by atoms with Crippen molar-refractivity contribution in [3.63, 3.8) is 0 Å². The maximum atomic E-state index is 11.6. The smallest absolute Gasteiger partial charge is 0.293 e. The quantitative estimate of drug-likeness (QED) is 0.558. The monoisotopic (exact) mass is 207 g/mol. The first-order valence-electron chi connectivity index (χ1n) is 4.72. The van der Waals surface area contributed by atoms with Crippen molar-refractivity contribution in [2.24, 2.45) is 5.92 Å². The molecular weight excluding hydrogens is 194 g/mol. The van der Waals surface area contributed by atoms with Gasteiger partial charge in [0.15, 0.2) is 5.78 Å². The van der Waals surface area contributed by atoms with E-state index in [4.69, 9.17) is 0 Å². The highest BCUT2D eigenvalue weighted by Crippen LogP contribution is 2.06. The van der Waals surface area contributed by atoms with Crippen LogP contribution in [0.4, 0.5) is 0 Å². The molecule has 1 rings (SSSR count). The first-order chi connectivity index (χ1) is 6.95. The van der Waals surface area contributed by atoms with Crippen LogP contribution in [0.25, 0.3) is 0 Å². The van der Waals surface area contributed by atoms with Crippen molar-refractivity contribution < 1.29 is 14.4 Å². The van der Waals surface area contributed by atoms with E-state index < -0.39 is 11.7 Å². The molecule has 0 unspecified atom stereocenters. The van der Waals surface area contributed by atoms with E-state index in [0.717, 1.165) is 4.57 Å². The number of carbonyl (C=O) groups excluding carboxylic acids is 3. The molecule has 15 heavy (non-hydrogen) atoms. The van der Waals surface area contributed by atoms with Gasteiger partial charge in [-0.25, -0.2) is 0 Å². The van der Waals surface area contributed by atoms with Crippen molar-refractivity contribution in [1.29, 1.82) is 0 Å². The lowest BCUT2D eigenvalue weighted by atomic mass is 10.1. The Labute approximate surface area is 87.9 Å². The zero-order valence-electron chi connectivity index (χ0n) is 8.98. The summed E-state index contributed by atoms with van der Waals surface area (Å²) < 4.78 is 1.10. The van der Waals surface area contributed by atoms with Crippen LogP contribution in [0, 0.1) is 5.92 Å². The van der Waals surface area contributed by atoms with Crippen molar-refractivity contribution in [2.75, 3.05) is 0 Å². The standard InChI is InChI=1S/C11H13NO3/c1-7(2)10(14)11(15)12-6-4-5-9(12)8(3)13/h4-7H,1-3H3. The summed E-state index contributed by atoms with van der Waals surface area (Å²) in [6, 6.07) is 3.09. The number of Topliss-reactive ketones (excluding diaryl/α,β-unsaturated/α-hetero) is 2. The third-order valence-corrected chi connectivity index (χ3v) is 2.06. The number of rotatable bonds is 3. The Balaban J connectivity index is 3.07. The Morgan fingerprint density at radius 3 is 2.33 bits per heavy atom. The average molecular weight is 207 g/mol. The minimum Gasteiger partial charge on any atom is -0.293 e. The fourth-order valence-electron chi connectivity index (χ4n) is 1.21. The molecule has 4 nitrogen and oxygen atoms in total. The molecule has 0 aliphatic carbocycles. The van der Waals surface area contributed by atoms with Crippen LogP contribution in [0.3, 0.4) is 0 Å². The van der Waals surface area contributed by atoms with E-state index in [1.165, 1.54) is 19.2 Å². The normalized spacial score (nSPS) is 10.4. The highest BCUT2D eigenvalue weighted by molar-refractivity contribution is 6.38. The zero-order valence-corrected chi connectivity index (χ0v) is 8.98. The summed E-state index contributed by atoms with van der Waals surface area (Å²) in [4.78, 5) is 34.2. The molecule has 0 saturated heterocycles. The van der Waals surface area contributed by atoms with Crippen molar-refractivity contribution in [3.8, 4) is 0 Å². The average Bonchev–Trinajstić information content (AvgIpc) is 2.63. The molecule has 1 aromatic heterocycles. The number of hydrogen-bond donors (Lipinski definition) is 0. The first-order valence-corrected chi connectivity index (χ1v) is 4.72. The molecule has 80 valence electrons. The molecule has 0 saturated carbocycles. The summed E-state index contributed by atoms with van der Waals surface area (Å²) in [5.74, 6) is -1.74. The molecule has 0 radical (unpaired) electrons. The Bertz CT molecular complexity index is 415. The van der Waals surface area contributed by atoms with Gasteiger partial charge in [-0.3, -0.25) is 19.0 Å². The fraction of sp³-hybridized carbons (Fsp3) is 0.364. The van der Waals surface area contributed by atoms with Crippen LogP contribution in [0.1, 0.15) is 36.1 Å². The Kier molecular flexibility index (Phi) is 3.19. The molecule has 1 heterocycles. The lowest BCUT2D eigenvalue weighted by Crippen LogP contribution is -2.27. The summed E-state index contributed by atoms with van der Waals surface area (Å²) in [6.45, 7) is 4.66. The summed E-state index contributed by atoms with van der Waals surface area (Å²) >= 11 is 0. The van der Waals surface area contributed by atoms with E-state index >= 15 is 0 Å². The minimum atomic E-state index is -0.653. The second-order valence-corrected chi connectivity index (χ2v) is 3.64. The van der Waals surface area contributed by atoms with Crippen LogP contribution in [0.15, 0.2) is 18.3 Å². The van der Waals surface area contributed by atoms with Gasteiger partial charge in [0.25, 0.3) is 5.91 Å². The van der Waals surface area contributed by atoms with E-state index in [0.29, 0.717) is 0 Å². The predicted octanol–water partition coefficient (Wildman–Crippen LogP) is 1.56. The van der Waals surface area contributed by atoms with Gasteiger partial charge in [-0.05, 0) is 12.1 Å². The molecule has 0 amide bonds. The molecule has 4 heteroatoms. The molecule has 0 spiro atoms. The maximum Gasteiger partial charge on any atom is 0.298 e. The van der Waals surface area contributed by atoms with Crippen LogP contribution >= 0.6 is 0 Å². The summed E-state index contributed by atoms with van der Waals surface area (Å²) in [5.41, 5.74) is 0.244. The summed E-state index contributed by atoms with van der Waals surface area (Å²) in [6.07, 6.45) is 1.43. The van der Waals surface area contributed by atoms with Gasteiger partial charge in [0.2, 0.25) is 5.78 Å². The second kappa shape index (κ2) is 4.21. The van der Waals surface area contributed by atoms with E-state index in [2.05, 4.69) is 0 Å². The molecular formula is C11H13NO3. The first kappa shape index (κ1) is 11.4. The van der Waals surface area contributed by atoms with Gasteiger partial charge in [0.1, 0.15) is 0 Å². The molecule has 0 aliphatic heterocycles. The lowest BCUT2D eigenvalue weighted by Gasteiger charge is -2.06. The highest BCUT2D eigenvalue weighted by Gasteiger charge is 2.21. The topological polar surface area (TPSA) is 56.1 Å². The fourth-order valence-corrected chi connectivity index (χ4v) is 1.21. The number of hydrogen-bond acceptors (Lipinski definition) is 3. The van der Waals surface area contributed by atoms with Gasteiger partial charge in [-0.15, -0.1) is 0 Å². The molecule has 0 fully saturated rings. The molecule has 0 bridgehead atoms. The zero-order chi connectivity index (χ0) is 11.6. The third-order valence-electron chi connectivity index (χ3n) is 2.06. The van der Waals surface area contributed by atoms with Gasteiger partial charge in [0, 0.05) is 19.0 Å². The highest BCUT2D eigenvalue weighted by atomic mass is 16.2. The van der Waals surface area contributed by atoms with E-state index in [1.807, 2.05) is 0 Å². The van der Waals surface area contributed by atoms with Crippen molar-refractivity contribution >= 4 is 17.5 Å². The van der Waals surface area contributed by atoms with Crippen LogP contribution in [-0.2, 0) is 4.79 Å². The molecule has 0 aliphatic rings. The maximum absolute atomic E-state index is 11.6. The second-order valence-electron chi connectivity index (χ2n) is 3.64. The third kappa shape index (κ3) is 2.21. The van der Waals surface area contributed by atoms with Crippen molar-refractivity contribution in [2.45, 2.75) is 20.8 Å². The van der Waals surface area contributed by atoms with Gasteiger partial charge in [-0.1, -0.05) is 13.8 Å². The number of nitrogens with zero attached hydrogens (tertiary/aromatic N) is 1. The molecule has 0 N–H and O–H groups in total. The SMILES string of the molecule is CC(=O)c1cccn1C(=O)C(=O)C(C)C. The Morgan fingerprint density at radius 2 is 1.87 bits per heavy atom. The molecule has 1 aromatic rings. The molecule has 0 aromatic carbocycles. The van der Waals surface area contributed by atoms with Gasteiger partial charge < -0.3 is 0 Å². The Hall–Kier alpha value is -1.71. The van der Waals surface area contributed by atoms with E-state index in [-0.39, 0.29) is 17.4 Å².